The minimum atomic E-state index is -0.540. The summed E-state index contributed by atoms with van der Waals surface area (Å²) in [5.74, 6) is -0.721. The highest BCUT2D eigenvalue weighted by Gasteiger charge is 2.23. The first-order chi connectivity index (χ1) is 14.6. The number of amides is 2. The van der Waals surface area contributed by atoms with Gasteiger partial charge in [0, 0.05) is 30.7 Å². The van der Waals surface area contributed by atoms with Crippen LogP contribution in [0.25, 0.3) is 11.5 Å². The SMILES string of the molecule is O=C(NC1CCCCC1)NC1CCN(Cn2nc(-c3ccc(F)cc3)oc2=O)CC1. The fourth-order valence-corrected chi connectivity index (χ4v) is 4.17. The Labute approximate surface area is 174 Å². The summed E-state index contributed by atoms with van der Waals surface area (Å²) in [6.07, 6.45) is 7.40. The van der Waals surface area contributed by atoms with E-state index in [1.165, 1.54) is 48.2 Å². The number of carbonyl (C=O) groups is 1. The van der Waals surface area contributed by atoms with Gasteiger partial charge in [-0.25, -0.2) is 14.0 Å². The number of hydrogen-bond acceptors (Lipinski definition) is 5. The van der Waals surface area contributed by atoms with Gasteiger partial charge in [0.15, 0.2) is 0 Å². The van der Waals surface area contributed by atoms with Gasteiger partial charge in [0.2, 0.25) is 5.89 Å². The van der Waals surface area contributed by atoms with Crippen molar-refractivity contribution in [2.24, 2.45) is 0 Å². The molecule has 1 saturated heterocycles. The molecule has 0 unspecified atom stereocenters. The molecular weight excluding hydrogens is 389 g/mol. The monoisotopic (exact) mass is 417 g/mol. The zero-order valence-corrected chi connectivity index (χ0v) is 17.0. The molecule has 1 aliphatic heterocycles. The van der Waals surface area contributed by atoms with E-state index in [2.05, 4.69) is 20.6 Å². The molecule has 162 valence electrons. The highest BCUT2D eigenvalue weighted by molar-refractivity contribution is 5.74. The highest BCUT2D eigenvalue weighted by Crippen LogP contribution is 2.18. The van der Waals surface area contributed by atoms with Crippen LogP contribution in [-0.4, -0.2) is 45.9 Å². The van der Waals surface area contributed by atoms with E-state index < -0.39 is 5.76 Å². The molecule has 2 fully saturated rings. The van der Waals surface area contributed by atoms with Gasteiger partial charge in [-0.15, -0.1) is 5.10 Å². The molecule has 0 spiro atoms. The minimum absolute atomic E-state index is 0.0722. The third kappa shape index (κ3) is 5.27. The van der Waals surface area contributed by atoms with Crippen LogP contribution in [-0.2, 0) is 6.67 Å². The largest absolute Gasteiger partial charge is 0.438 e. The molecular formula is C21H28FN5O3. The van der Waals surface area contributed by atoms with Gasteiger partial charge in [-0.05, 0) is 49.9 Å². The number of hydrogen-bond donors (Lipinski definition) is 2. The molecule has 2 aliphatic rings. The van der Waals surface area contributed by atoms with Crippen molar-refractivity contribution in [3.05, 3.63) is 40.6 Å². The molecule has 1 aromatic carbocycles. The van der Waals surface area contributed by atoms with Gasteiger partial charge in [0.05, 0.1) is 0 Å². The number of nitrogens with one attached hydrogen (secondary N) is 2. The van der Waals surface area contributed by atoms with Crippen molar-refractivity contribution in [2.75, 3.05) is 13.1 Å². The molecule has 1 saturated carbocycles. The molecule has 9 heteroatoms. The third-order valence-corrected chi connectivity index (χ3v) is 5.89. The van der Waals surface area contributed by atoms with Crippen molar-refractivity contribution in [3.63, 3.8) is 0 Å². The number of urea groups is 1. The lowest BCUT2D eigenvalue weighted by Gasteiger charge is -2.32. The summed E-state index contributed by atoms with van der Waals surface area (Å²) in [5.41, 5.74) is 0.555. The number of nitrogens with zero attached hydrogens (tertiary/aromatic N) is 3. The Kier molecular flexibility index (Phi) is 6.47. The van der Waals surface area contributed by atoms with Crippen molar-refractivity contribution in [1.29, 1.82) is 0 Å². The van der Waals surface area contributed by atoms with Crippen LogP contribution in [0.3, 0.4) is 0 Å². The minimum Gasteiger partial charge on any atom is -0.388 e. The smallest absolute Gasteiger partial charge is 0.388 e. The summed E-state index contributed by atoms with van der Waals surface area (Å²) in [5, 5.41) is 10.4. The predicted octanol–water partition coefficient (Wildman–Crippen LogP) is 2.70. The van der Waals surface area contributed by atoms with Crippen molar-refractivity contribution < 1.29 is 13.6 Å². The number of aromatic nitrogens is 2. The van der Waals surface area contributed by atoms with Crippen LogP contribution in [0.5, 0.6) is 0 Å². The molecule has 2 aromatic rings. The molecule has 2 N–H and O–H groups in total. The summed E-state index contributed by atoms with van der Waals surface area (Å²) in [6, 6.07) is 6.02. The van der Waals surface area contributed by atoms with Crippen LogP contribution in [0.2, 0.25) is 0 Å². The zero-order valence-electron chi connectivity index (χ0n) is 17.0. The van der Waals surface area contributed by atoms with Gasteiger partial charge in [0.1, 0.15) is 12.5 Å². The average Bonchev–Trinajstić information content (AvgIpc) is 3.11. The zero-order chi connectivity index (χ0) is 20.9. The quantitative estimate of drug-likeness (QED) is 0.780. The molecule has 4 rings (SSSR count). The summed E-state index contributed by atoms with van der Waals surface area (Å²) in [4.78, 5) is 26.5. The van der Waals surface area contributed by atoms with Crippen molar-refractivity contribution >= 4 is 6.03 Å². The maximum Gasteiger partial charge on any atom is 0.438 e. The normalized spacial score (nSPS) is 19.0. The lowest BCUT2D eigenvalue weighted by molar-refractivity contribution is 0.148. The Morgan fingerprint density at radius 3 is 2.33 bits per heavy atom. The van der Waals surface area contributed by atoms with E-state index in [4.69, 9.17) is 4.42 Å². The van der Waals surface area contributed by atoms with Gasteiger partial charge in [-0.2, -0.15) is 4.68 Å². The summed E-state index contributed by atoms with van der Waals surface area (Å²) in [6.45, 7) is 1.82. The summed E-state index contributed by atoms with van der Waals surface area (Å²) < 4.78 is 19.6. The molecule has 1 aliphatic carbocycles. The first-order valence-electron chi connectivity index (χ1n) is 10.7. The van der Waals surface area contributed by atoms with Crippen LogP contribution in [0.4, 0.5) is 9.18 Å². The van der Waals surface area contributed by atoms with E-state index in [9.17, 15) is 14.0 Å². The number of rotatable bonds is 5. The fourth-order valence-electron chi connectivity index (χ4n) is 4.17. The van der Waals surface area contributed by atoms with E-state index in [1.54, 1.807) is 0 Å². The Balaban J connectivity index is 1.25. The standard InChI is InChI=1S/C21H28FN5O3/c22-16-8-6-15(7-9-16)19-25-27(21(29)30-19)14-26-12-10-18(11-13-26)24-20(28)23-17-4-2-1-3-5-17/h6-9,17-18H,1-5,10-14H2,(H2,23,24,28). The van der Waals surface area contributed by atoms with Gasteiger partial charge in [-0.3, -0.25) is 4.90 Å². The molecule has 1 aromatic heterocycles. The molecule has 2 amide bonds. The topological polar surface area (TPSA) is 92.4 Å². The maximum atomic E-state index is 13.1. The lowest BCUT2D eigenvalue weighted by Crippen LogP contribution is -2.50. The van der Waals surface area contributed by atoms with Crippen LogP contribution >= 0.6 is 0 Å². The van der Waals surface area contributed by atoms with Gasteiger partial charge < -0.3 is 15.1 Å². The Hall–Kier alpha value is -2.68. The van der Waals surface area contributed by atoms with Gasteiger partial charge in [-0.1, -0.05) is 19.3 Å². The molecule has 30 heavy (non-hydrogen) atoms. The number of likely N-dealkylation sites (tertiary alicyclic amines) is 1. The van der Waals surface area contributed by atoms with Crippen molar-refractivity contribution in [1.82, 2.24) is 25.3 Å². The second kappa shape index (κ2) is 9.42. The molecule has 2 heterocycles. The Bertz CT molecular complexity index is 896. The van der Waals surface area contributed by atoms with E-state index >= 15 is 0 Å². The van der Waals surface area contributed by atoms with Gasteiger partial charge in [0.25, 0.3) is 0 Å². The second-order valence-corrected chi connectivity index (χ2v) is 8.17. The van der Waals surface area contributed by atoms with E-state index in [-0.39, 0.29) is 23.8 Å². The Morgan fingerprint density at radius 1 is 1.03 bits per heavy atom. The summed E-state index contributed by atoms with van der Waals surface area (Å²) in [7, 11) is 0. The third-order valence-electron chi connectivity index (χ3n) is 5.89. The van der Waals surface area contributed by atoms with E-state index in [0.29, 0.717) is 18.3 Å². The average molecular weight is 417 g/mol. The van der Waals surface area contributed by atoms with Crippen LogP contribution in [0, 0.1) is 5.82 Å². The number of benzene rings is 1. The Morgan fingerprint density at radius 2 is 1.67 bits per heavy atom. The van der Waals surface area contributed by atoms with Gasteiger partial charge >= 0.3 is 11.8 Å². The fraction of sp³-hybridized carbons (Fsp3) is 0.571. The maximum absolute atomic E-state index is 13.1. The van der Waals surface area contributed by atoms with E-state index in [0.717, 1.165) is 38.8 Å². The van der Waals surface area contributed by atoms with Crippen molar-refractivity contribution in [3.8, 4) is 11.5 Å². The number of piperidine rings is 1. The molecule has 0 radical (unpaired) electrons. The van der Waals surface area contributed by atoms with Crippen molar-refractivity contribution in [2.45, 2.75) is 63.7 Å². The first-order valence-corrected chi connectivity index (χ1v) is 10.7. The molecule has 0 bridgehead atoms. The second-order valence-electron chi connectivity index (χ2n) is 8.17. The molecule has 0 atom stereocenters. The molecule has 8 nitrogen and oxygen atoms in total. The first kappa shape index (κ1) is 20.6. The summed E-state index contributed by atoms with van der Waals surface area (Å²) >= 11 is 0. The number of halogens is 1. The van der Waals surface area contributed by atoms with Crippen LogP contribution < -0.4 is 16.4 Å². The predicted molar refractivity (Wildman–Crippen MR) is 109 cm³/mol. The van der Waals surface area contributed by atoms with Crippen LogP contribution in [0.15, 0.2) is 33.5 Å². The lowest BCUT2D eigenvalue weighted by atomic mass is 9.96. The van der Waals surface area contributed by atoms with Crippen LogP contribution in [0.1, 0.15) is 44.9 Å². The highest BCUT2D eigenvalue weighted by atomic mass is 19.1. The number of carbonyl (C=O) groups excluding carboxylic acids is 1. The van der Waals surface area contributed by atoms with E-state index in [1.807, 2.05) is 0 Å².